The average molecular weight is 291 g/mol. The summed E-state index contributed by atoms with van der Waals surface area (Å²) >= 11 is 0. The first-order valence-corrected chi connectivity index (χ1v) is 7.27. The lowest BCUT2D eigenvalue weighted by atomic mass is 9.84. The van der Waals surface area contributed by atoms with Crippen molar-refractivity contribution in [3.05, 3.63) is 39.4 Å². The Morgan fingerprint density at radius 2 is 2.14 bits per heavy atom. The molecular formula is C15H21N3O3. The number of carbonyl (C=O) groups excluding carboxylic acids is 1. The summed E-state index contributed by atoms with van der Waals surface area (Å²) in [5.41, 5.74) is 7.43. The van der Waals surface area contributed by atoms with Crippen LogP contribution in [0, 0.1) is 23.0 Å². The predicted molar refractivity (Wildman–Crippen MR) is 79.6 cm³/mol. The molecule has 0 heterocycles. The van der Waals surface area contributed by atoms with Gasteiger partial charge in [-0.3, -0.25) is 14.9 Å². The molecule has 114 valence electrons. The molecule has 0 saturated heterocycles. The standard InChI is InChI=1S/C15H21N3O3/c1-10-11(5-4-8-14(10)18(20)21)9-17-15(19)12-6-2-3-7-13(12)16/h4-5,8,12-13H,2-3,6-7,9,16H2,1H3,(H,17,19). The lowest BCUT2D eigenvalue weighted by Crippen LogP contribution is -2.43. The summed E-state index contributed by atoms with van der Waals surface area (Å²) in [7, 11) is 0. The van der Waals surface area contributed by atoms with E-state index in [4.69, 9.17) is 5.73 Å². The molecule has 2 atom stereocenters. The van der Waals surface area contributed by atoms with E-state index >= 15 is 0 Å². The molecule has 1 aliphatic rings. The van der Waals surface area contributed by atoms with Crippen LogP contribution in [0.3, 0.4) is 0 Å². The maximum Gasteiger partial charge on any atom is 0.272 e. The number of hydrogen-bond donors (Lipinski definition) is 2. The molecule has 1 amide bonds. The van der Waals surface area contributed by atoms with Crippen molar-refractivity contribution in [2.24, 2.45) is 11.7 Å². The molecule has 0 spiro atoms. The first-order chi connectivity index (χ1) is 10.0. The Kier molecular flexibility index (Phi) is 4.90. The summed E-state index contributed by atoms with van der Waals surface area (Å²) in [5, 5.41) is 13.8. The fourth-order valence-corrected chi connectivity index (χ4v) is 2.86. The van der Waals surface area contributed by atoms with Crippen LogP contribution >= 0.6 is 0 Å². The van der Waals surface area contributed by atoms with Gasteiger partial charge in [0, 0.05) is 24.2 Å². The van der Waals surface area contributed by atoms with Gasteiger partial charge in [-0.25, -0.2) is 0 Å². The largest absolute Gasteiger partial charge is 0.352 e. The van der Waals surface area contributed by atoms with E-state index in [0.717, 1.165) is 31.2 Å². The molecule has 1 fully saturated rings. The van der Waals surface area contributed by atoms with E-state index < -0.39 is 4.92 Å². The second-order valence-corrected chi connectivity index (χ2v) is 5.59. The topological polar surface area (TPSA) is 98.3 Å². The molecule has 2 unspecified atom stereocenters. The molecule has 2 rings (SSSR count). The van der Waals surface area contributed by atoms with Crippen molar-refractivity contribution < 1.29 is 9.72 Å². The van der Waals surface area contributed by atoms with Gasteiger partial charge in [0.25, 0.3) is 5.69 Å². The number of rotatable bonds is 4. The van der Waals surface area contributed by atoms with Crippen LogP contribution in [0.4, 0.5) is 5.69 Å². The van der Waals surface area contributed by atoms with Gasteiger partial charge < -0.3 is 11.1 Å². The highest BCUT2D eigenvalue weighted by molar-refractivity contribution is 5.79. The van der Waals surface area contributed by atoms with E-state index in [1.165, 1.54) is 6.07 Å². The van der Waals surface area contributed by atoms with Crippen LogP contribution in [-0.2, 0) is 11.3 Å². The summed E-state index contributed by atoms with van der Waals surface area (Å²) in [4.78, 5) is 22.7. The van der Waals surface area contributed by atoms with E-state index in [-0.39, 0.29) is 23.6 Å². The molecule has 0 aromatic heterocycles. The number of carbonyl (C=O) groups is 1. The Morgan fingerprint density at radius 1 is 1.43 bits per heavy atom. The smallest absolute Gasteiger partial charge is 0.272 e. The molecule has 1 aromatic carbocycles. The van der Waals surface area contributed by atoms with Gasteiger partial charge in [-0.05, 0) is 25.3 Å². The predicted octanol–water partition coefficient (Wildman–Crippen LogP) is 2.04. The molecular weight excluding hydrogens is 270 g/mol. The number of benzene rings is 1. The molecule has 1 aliphatic carbocycles. The summed E-state index contributed by atoms with van der Waals surface area (Å²) in [6, 6.07) is 4.82. The van der Waals surface area contributed by atoms with E-state index in [9.17, 15) is 14.9 Å². The third-order valence-corrected chi connectivity index (χ3v) is 4.22. The number of nitro groups is 1. The van der Waals surface area contributed by atoms with Crippen molar-refractivity contribution in [1.29, 1.82) is 0 Å². The van der Waals surface area contributed by atoms with Crippen LogP contribution in [0.15, 0.2) is 18.2 Å². The first-order valence-electron chi connectivity index (χ1n) is 7.27. The monoisotopic (exact) mass is 291 g/mol. The van der Waals surface area contributed by atoms with Crippen LogP contribution in [0.5, 0.6) is 0 Å². The van der Waals surface area contributed by atoms with Gasteiger partial charge in [0.1, 0.15) is 0 Å². The normalized spacial score (nSPS) is 21.8. The number of nitrogens with zero attached hydrogens (tertiary/aromatic N) is 1. The number of nitrogens with two attached hydrogens (primary N) is 1. The third-order valence-electron chi connectivity index (χ3n) is 4.22. The van der Waals surface area contributed by atoms with Gasteiger partial charge in [0.05, 0.1) is 10.8 Å². The second-order valence-electron chi connectivity index (χ2n) is 5.59. The Morgan fingerprint density at radius 3 is 2.81 bits per heavy atom. The lowest BCUT2D eigenvalue weighted by Gasteiger charge is -2.27. The van der Waals surface area contributed by atoms with Gasteiger partial charge in [0.2, 0.25) is 5.91 Å². The van der Waals surface area contributed by atoms with Crippen LogP contribution in [0.25, 0.3) is 0 Å². The maximum atomic E-state index is 12.2. The van der Waals surface area contributed by atoms with Gasteiger partial charge in [-0.15, -0.1) is 0 Å². The average Bonchev–Trinajstić information content (AvgIpc) is 2.46. The molecule has 6 nitrogen and oxygen atoms in total. The molecule has 1 aromatic rings. The fraction of sp³-hybridized carbons (Fsp3) is 0.533. The minimum absolute atomic E-state index is 0.0480. The minimum Gasteiger partial charge on any atom is -0.352 e. The van der Waals surface area contributed by atoms with Crippen molar-refractivity contribution in [3.63, 3.8) is 0 Å². The molecule has 6 heteroatoms. The highest BCUT2D eigenvalue weighted by Crippen LogP contribution is 2.24. The van der Waals surface area contributed by atoms with Crippen LogP contribution < -0.4 is 11.1 Å². The van der Waals surface area contributed by atoms with E-state index in [1.54, 1.807) is 19.1 Å². The fourth-order valence-electron chi connectivity index (χ4n) is 2.86. The van der Waals surface area contributed by atoms with Gasteiger partial charge in [-0.2, -0.15) is 0 Å². The number of hydrogen-bond acceptors (Lipinski definition) is 4. The zero-order valence-electron chi connectivity index (χ0n) is 12.2. The Balaban J connectivity index is 2.01. The highest BCUT2D eigenvalue weighted by Gasteiger charge is 2.28. The lowest BCUT2D eigenvalue weighted by molar-refractivity contribution is -0.385. The van der Waals surface area contributed by atoms with Crippen molar-refractivity contribution in [3.8, 4) is 0 Å². The van der Waals surface area contributed by atoms with Crippen molar-refractivity contribution >= 4 is 11.6 Å². The molecule has 0 bridgehead atoms. The molecule has 1 saturated carbocycles. The minimum atomic E-state index is -0.405. The maximum absolute atomic E-state index is 12.2. The number of amides is 1. The van der Waals surface area contributed by atoms with Gasteiger partial charge in [0.15, 0.2) is 0 Å². The van der Waals surface area contributed by atoms with Gasteiger partial charge in [-0.1, -0.05) is 25.0 Å². The third kappa shape index (κ3) is 3.58. The number of nitro benzene ring substituents is 1. The van der Waals surface area contributed by atoms with Crippen molar-refractivity contribution in [2.45, 2.75) is 45.2 Å². The van der Waals surface area contributed by atoms with E-state index in [1.807, 2.05) is 0 Å². The summed E-state index contributed by atoms with van der Waals surface area (Å²) in [6.45, 7) is 2.00. The summed E-state index contributed by atoms with van der Waals surface area (Å²) in [5.74, 6) is -0.189. The van der Waals surface area contributed by atoms with Crippen LogP contribution in [-0.4, -0.2) is 16.9 Å². The SMILES string of the molecule is Cc1c(CNC(=O)C2CCCCC2N)cccc1[N+](=O)[O-]. The summed E-state index contributed by atoms with van der Waals surface area (Å²) < 4.78 is 0. The Bertz CT molecular complexity index is 545. The van der Waals surface area contributed by atoms with Crippen LogP contribution in [0.2, 0.25) is 0 Å². The zero-order chi connectivity index (χ0) is 15.4. The molecule has 3 N–H and O–H groups in total. The summed E-state index contributed by atoms with van der Waals surface area (Å²) in [6.07, 6.45) is 3.81. The quantitative estimate of drug-likeness (QED) is 0.655. The van der Waals surface area contributed by atoms with Crippen molar-refractivity contribution in [2.75, 3.05) is 0 Å². The Hall–Kier alpha value is -1.95. The molecule has 0 radical (unpaired) electrons. The molecule has 21 heavy (non-hydrogen) atoms. The van der Waals surface area contributed by atoms with Crippen LogP contribution in [0.1, 0.15) is 36.8 Å². The Labute approximate surface area is 123 Å². The van der Waals surface area contributed by atoms with Gasteiger partial charge >= 0.3 is 0 Å². The van der Waals surface area contributed by atoms with E-state index in [2.05, 4.69) is 5.32 Å². The number of nitrogens with one attached hydrogen (secondary N) is 1. The first kappa shape index (κ1) is 15.4. The van der Waals surface area contributed by atoms with E-state index in [0.29, 0.717) is 12.1 Å². The van der Waals surface area contributed by atoms with Crippen molar-refractivity contribution in [1.82, 2.24) is 5.32 Å². The molecule has 0 aliphatic heterocycles. The highest BCUT2D eigenvalue weighted by atomic mass is 16.6. The zero-order valence-corrected chi connectivity index (χ0v) is 12.2. The second kappa shape index (κ2) is 6.67.